The number of thiol groups is 1. The fourth-order valence-electron chi connectivity index (χ4n) is 4.22. The highest BCUT2D eigenvalue weighted by Crippen LogP contribution is 2.27. The maximum atomic E-state index is 13.4. The summed E-state index contributed by atoms with van der Waals surface area (Å²) in [7, 11) is 0. The Kier molecular flexibility index (Phi) is 19.5. The molecular weight excluding hydrogens is 801 g/mol. The molecule has 0 aliphatic rings. The fourth-order valence-corrected chi connectivity index (χ4v) is 7.38. The number of benzene rings is 2. The van der Waals surface area contributed by atoms with Gasteiger partial charge < -0.3 is 35.8 Å². The van der Waals surface area contributed by atoms with Crippen LogP contribution in [0.15, 0.2) is 48.5 Å². The van der Waals surface area contributed by atoms with Crippen LogP contribution >= 0.6 is 47.9 Å². The predicted octanol–water partition coefficient (Wildman–Crippen LogP) is 1.24. The molecule has 0 fully saturated rings. The van der Waals surface area contributed by atoms with E-state index in [0.29, 0.717) is 35.3 Å². The third kappa shape index (κ3) is 16.2. The van der Waals surface area contributed by atoms with E-state index in [-0.39, 0.29) is 45.6 Å². The Morgan fingerprint density at radius 2 is 1.00 bits per heavy atom. The summed E-state index contributed by atoms with van der Waals surface area (Å²) in [5, 5.41) is 16.9. The molecule has 21 heteroatoms. The van der Waals surface area contributed by atoms with E-state index in [1.165, 1.54) is 55.5 Å². The van der Waals surface area contributed by atoms with Gasteiger partial charge in [0, 0.05) is 50.7 Å². The number of carboxylic acids is 1. The standard InChI is InChI=1S/C34H38N4O13S4/c1-17(39)35-23(13-52)33(48)55-15-25(37-19(3)41)31(46)51-27-11-7-5-9-21(27)30(45)50-28-12-8-6-10-22(28)32(47)53-16-26(38-20(4)42)34(49)54-14-24(29(43)44)36-18(2)40/h5-12,23-26,52H,13-16H2,1-4H3,(H,35,39)(H,36,40)(H,37,41)(H,38,42)(H,43,44). The number of carbonyl (C=O) groups excluding carboxylic acids is 9. The summed E-state index contributed by atoms with van der Waals surface area (Å²) >= 11 is 5.86. The van der Waals surface area contributed by atoms with Gasteiger partial charge in [0.05, 0.1) is 5.56 Å². The van der Waals surface area contributed by atoms with Crippen LogP contribution in [0.2, 0.25) is 0 Å². The minimum absolute atomic E-state index is 0.0152. The van der Waals surface area contributed by atoms with E-state index in [0.717, 1.165) is 20.8 Å². The zero-order valence-electron chi connectivity index (χ0n) is 29.8. The van der Waals surface area contributed by atoms with Crippen LogP contribution in [0.3, 0.4) is 0 Å². The Morgan fingerprint density at radius 3 is 1.53 bits per heavy atom. The molecule has 2 aromatic rings. The summed E-state index contributed by atoms with van der Waals surface area (Å²) in [5.74, 6) is -7.15. The Hall–Kier alpha value is -4.86. The Morgan fingerprint density at radius 1 is 0.582 bits per heavy atom. The van der Waals surface area contributed by atoms with Crippen LogP contribution in [0.4, 0.5) is 0 Å². The average Bonchev–Trinajstić information content (AvgIpc) is 3.11. The summed E-state index contributed by atoms with van der Waals surface area (Å²) in [4.78, 5) is 123. The minimum atomic E-state index is -1.38. The van der Waals surface area contributed by atoms with Gasteiger partial charge in [0.15, 0.2) is 0 Å². The molecule has 4 atom stereocenters. The number of para-hydroxylation sites is 2. The van der Waals surface area contributed by atoms with E-state index in [1.54, 1.807) is 0 Å². The highest BCUT2D eigenvalue weighted by Gasteiger charge is 2.29. The number of thioether (sulfide) groups is 3. The van der Waals surface area contributed by atoms with Crippen LogP contribution < -0.4 is 30.7 Å². The monoisotopic (exact) mass is 838 g/mol. The minimum Gasteiger partial charge on any atom is -0.480 e. The highest BCUT2D eigenvalue weighted by atomic mass is 32.2. The number of rotatable bonds is 19. The smallest absolute Gasteiger partial charge is 0.347 e. The van der Waals surface area contributed by atoms with E-state index < -0.39 is 81.0 Å². The quantitative estimate of drug-likeness (QED) is 0.0661. The number of hydrogen-bond donors (Lipinski definition) is 6. The van der Waals surface area contributed by atoms with Gasteiger partial charge in [-0.15, -0.1) is 0 Å². The second kappa shape index (κ2) is 23.1. The van der Waals surface area contributed by atoms with Crippen LogP contribution in [-0.4, -0.2) is 109 Å². The van der Waals surface area contributed by atoms with Gasteiger partial charge in [0.1, 0.15) is 41.2 Å². The van der Waals surface area contributed by atoms with Crippen molar-refractivity contribution in [2.24, 2.45) is 0 Å². The average molecular weight is 839 g/mol. The second-order valence-corrected chi connectivity index (χ2v) is 14.6. The van der Waals surface area contributed by atoms with Crippen molar-refractivity contribution in [2.75, 3.05) is 23.0 Å². The first-order valence-electron chi connectivity index (χ1n) is 16.0. The first kappa shape index (κ1) is 46.3. The maximum Gasteiger partial charge on any atom is 0.347 e. The zero-order valence-corrected chi connectivity index (χ0v) is 33.1. The number of carbonyl (C=O) groups is 10. The van der Waals surface area contributed by atoms with Crippen molar-refractivity contribution >= 4 is 105 Å². The molecule has 0 spiro atoms. The van der Waals surface area contributed by atoms with Gasteiger partial charge in [-0.2, -0.15) is 12.6 Å². The molecule has 0 aliphatic carbocycles. The molecule has 17 nitrogen and oxygen atoms in total. The summed E-state index contributed by atoms with van der Waals surface area (Å²) in [6.07, 6.45) is 0. The summed E-state index contributed by atoms with van der Waals surface area (Å²) in [5.41, 5.74) is -0.344. The molecule has 0 aliphatic heterocycles. The van der Waals surface area contributed by atoms with Gasteiger partial charge in [-0.25, -0.2) is 14.4 Å². The van der Waals surface area contributed by atoms with Crippen LogP contribution in [0.5, 0.6) is 11.5 Å². The lowest BCUT2D eigenvalue weighted by Crippen LogP contribution is -2.45. The van der Waals surface area contributed by atoms with Gasteiger partial charge in [-0.1, -0.05) is 59.6 Å². The molecule has 0 saturated carbocycles. The van der Waals surface area contributed by atoms with Crippen molar-refractivity contribution < 1.29 is 62.5 Å². The molecule has 2 rings (SSSR count). The number of hydrogen-bond acceptors (Lipinski definition) is 16. The molecule has 4 unspecified atom stereocenters. The molecule has 0 bridgehead atoms. The number of carboxylic acid groups (broad SMARTS) is 1. The zero-order chi connectivity index (χ0) is 41.2. The summed E-state index contributed by atoms with van der Waals surface area (Å²) in [6, 6.07) is 6.17. The van der Waals surface area contributed by atoms with Crippen molar-refractivity contribution in [3.63, 3.8) is 0 Å². The van der Waals surface area contributed by atoms with Gasteiger partial charge in [-0.3, -0.25) is 33.6 Å². The molecule has 296 valence electrons. The maximum absolute atomic E-state index is 13.4. The molecule has 0 heterocycles. The van der Waals surface area contributed by atoms with E-state index in [2.05, 4.69) is 33.9 Å². The normalized spacial score (nSPS) is 12.7. The van der Waals surface area contributed by atoms with Gasteiger partial charge in [0.25, 0.3) is 0 Å². The Labute approximate surface area is 333 Å². The molecule has 0 radical (unpaired) electrons. The number of aliphatic carboxylic acids is 1. The first-order chi connectivity index (χ1) is 25.9. The highest BCUT2D eigenvalue weighted by molar-refractivity contribution is 8.15. The van der Waals surface area contributed by atoms with Gasteiger partial charge in [0.2, 0.25) is 39.0 Å². The lowest BCUT2D eigenvalue weighted by molar-refractivity contribution is -0.140. The molecule has 55 heavy (non-hydrogen) atoms. The topological polar surface area (TPSA) is 258 Å². The Balaban J connectivity index is 2.20. The number of nitrogens with one attached hydrogen (secondary N) is 4. The van der Waals surface area contributed by atoms with Crippen LogP contribution in [-0.2, 0) is 38.4 Å². The molecule has 5 N–H and O–H groups in total. The van der Waals surface area contributed by atoms with Crippen molar-refractivity contribution in [2.45, 2.75) is 51.9 Å². The largest absolute Gasteiger partial charge is 0.480 e. The van der Waals surface area contributed by atoms with E-state index in [9.17, 15) is 53.1 Å². The van der Waals surface area contributed by atoms with Crippen molar-refractivity contribution in [3.8, 4) is 11.5 Å². The fraction of sp³-hybridized carbons (Fsp3) is 0.353. The summed E-state index contributed by atoms with van der Waals surface area (Å²) < 4.78 is 11.0. The van der Waals surface area contributed by atoms with E-state index in [4.69, 9.17) is 9.47 Å². The third-order valence-electron chi connectivity index (χ3n) is 6.64. The number of amides is 4. The number of ether oxygens (including phenoxy) is 2. The van der Waals surface area contributed by atoms with E-state index >= 15 is 0 Å². The predicted molar refractivity (Wildman–Crippen MR) is 207 cm³/mol. The lowest BCUT2D eigenvalue weighted by atomic mass is 10.2. The lowest BCUT2D eigenvalue weighted by Gasteiger charge is -2.19. The Bertz CT molecular complexity index is 1810. The molecule has 0 saturated heterocycles. The second-order valence-electron chi connectivity index (χ2n) is 11.2. The SMILES string of the molecule is CC(=O)NC(CSC(=O)C(CSC(=O)c1ccccc1OC(=O)c1ccccc1OC(=O)C(CSC(=O)C(CS)NC(C)=O)NC(C)=O)NC(C)=O)C(=O)O. The third-order valence-corrected chi connectivity index (χ3v) is 10.1. The van der Waals surface area contributed by atoms with Crippen molar-refractivity contribution in [1.29, 1.82) is 0 Å². The van der Waals surface area contributed by atoms with Crippen LogP contribution in [0, 0.1) is 0 Å². The van der Waals surface area contributed by atoms with Crippen LogP contribution in [0.25, 0.3) is 0 Å². The van der Waals surface area contributed by atoms with Crippen molar-refractivity contribution in [3.05, 3.63) is 59.7 Å². The first-order valence-corrected chi connectivity index (χ1v) is 19.6. The van der Waals surface area contributed by atoms with Gasteiger partial charge >= 0.3 is 17.9 Å². The molecular formula is C34H38N4O13S4. The summed E-state index contributed by atoms with van der Waals surface area (Å²) in [6.45, 7) is 4.63. The molecule has 4 amide bonds. The van der Waals surface area contributed by atoms with Crippen molar-refractivity contribution in [1.82, 2.24) is 21.3 Å². The van der Waals surface area contributed by atoms with Crippen LogP contribution in [0.1, 0.15) is 48.4 Å². The molecule has 2 aromatic carbocycles. The van der Waals surface area contributed by atoms with E-state index in [1.807, 2.05) is 0 Å². The van der Waals surface area contributed by atoms with Gasteiger partial charge in [-0.05, 0) is 24.3 Å². The molecule has 0 aromatic heterocycles. The number of esters is 2.